The third kappa shape index (κ3) is 4.75. The summed E-state index contributed by atoms with van der Waals surface area (Å²) in [5.74, 6) is 0.361. The molecule has 0 spiro atoms. The van der Waals surface area contributed by atoms with Crippen LogP contribution in [0, 0.1) is 0 Å². The predicted octanol–water partition coefficient (Wildman–Crippen LogP) is 7.07. The van der Waals surface area contributed by atoms with Crippen LogP contribution in [0.3, 0.4) is 0 Å². The zero-order chi connectivity index (χ0) is 22.4. The van der Waals surface area contributed by atoms with E-state index < -0.39 is 14.7 Å². The Hall–Kier alpha value is -1.29. The Morgan fingerprint density at radius 3 is 1.97 bits per heavy atom. The van der Waals surface area contributed by atoms with E-state index in [0.717, 1.165) is 12.1 Å². The van der Waals surface area contributed by atoms with Crippen molar-refractivity contribution in [3.05, 3.63) is 89.0 Å². The molecule has 0 aromatic heterocycles. The number of halogens is 2. The van der Waals surface area contributed by atoms with Crippen molar-refractivity contribution in [3.8, 4) is 11.1 Å². The number of benzene rings is 3. The van der Waals surface area contributed by atoms with Crippen molar-refractivity contribution in [3.63, 3.8) is 0 Å². The van der Waals surface area contributed by atoms with Crippen LogP contribution in [-0.4, -0.2) is 14.1 Å². The Morgan fingerprint density at radius 1 is 0.903 bits per heavy atom. The quantitative estimate of drug-likeness (QED) is 0.376. The van der Waals surface area contributed by atoms with Gasteiger partial charge in [0.05, 0.1) is 0 Å². The normalized spacial score (nSPS) is 13.8. The monoisotopic (exact) mass is 488 g/mol. The van der Waals surface area contributed by atoms with Gasteiger partial charge in [-0.25, -0.2) is 0 Å². The molecule has 0 fully saturated rings. The third-order valence-electron chi connectivity index (χ3n) is 6.44. The van der Waals surface area contributed by atoms with Gasteiger partial charge in [-0.2, -0.15) is 0 Å². The molecular formula is C26H30Cl2N2Ti. The number of nitrogens with zero attached hydrogens (tertiary/aromatic N) is 1. The number of anilines is 1. The molecule has 1 aliphatic carbocycles. The molecule has 0 saturated carbocycles. The molecule has 0 atom stereocenters. The molecule has 0 aliphatic heterocycles. The molecule has 2 N–H and O–H groups in total. The number of hydrogen-bond donors (Lipinski definition) is 1. The number of nitrogens with two attached hydrogens (primary N) is 1. The molecule has 3 aromatic rings. The maximum absolute atomic E-state index is 6.44. The average molecular weight is 489 g/mol. The van der Waals surface area contributed by atoms with Crippen LogP contribution in [0.5, 0.6) is 0 Å². The standard InChI is InChI=1S/C26H28N.2ClH.H2N.Ti/c1-18-16-19(27(4)5)14-15-25(18)26(2,3)17-24-22-12-8-6-10-20(22)21-11-7-9-13-23(21)24;;;;/h6-16,24H,1,17H2,2-5H3;2*1H;1H2;/q;;;-1;+3/p-2. The fourth-order valence-corrected chi connectivity index (χ4v) is 7.46. The molecule has 0 bridgehead atoms. The van der Waals surface area contributed by atoms with Gasteiger partial charge in [0.2, 0.25) is 0 Å². The van der Waals surface area contributed by atoms with Gasteiger partial charge < -0.3 is 0 Å². The summed E-state index contributed by atoms with van der Waals surface area (Å²) in [5.41, 5.74) is 9.11. The summed E-state index contributed by atoms with van der Waals surface area (Å²) in [6, 6.07) is 24.3. The Balaban J connectivity index is 1.76. The van der Waals surface area contributed by atoms with Crippen LogP contribution in [-0.2, 0) is 24.9 Å². The van der Waals surface area contributed by atoms with Crippen LogP contribution in [0.15, 0.2) is 66.7 Å². The number of fused-ring (bicyclic) bond motifs is 3. The van der Waals surface area contributed by atoms with E-state index in [4.69, 9.17) is 22.8 Å². The second kappa shape index (κ2) is 8.58. The van der Waals surface area contributed by atoms with Gasteiger partial charge >= 0.3 is 199 Å². The summed E-state index contributed by atoms with van der Waals surface area (Å²) in [6.07, 6.45) is 1.00. The molecule has 2 nitrogen and oxygen atoms in total. The van der Waals surface area contributed by atoms with Crippen molar-refractivity contribution < 1.29 is 14.7 Å². The van der Waals surface area contributed by atoms with E-state index in [-0.39, 0.29) is 5.41 Å². The minimum atomic E-state index is -3.32. The van der Waals surface area contributed by atoms with Gasteiger partial charge in [-0.1, -0.05) is 0 Å². The molecular weight excluding hydrogens is 459 g/mol. The summed E-state index contributed by atoms with van der Waals surface area (Å²) >= 11 is -3.32. The summed E-state index contributed by atoms with van der Waals surface area (Å²) in [5, 5.41) is 0. The molecule has 0 unspecified atom stereocenters. The Kier molecular flexibility index (Phi) is 6.33. The molecule has 4 rings (SSSR count). The predicted molar refractivity (Wildman–Crippen MR) is 132 cm³/mol. The average Bonchev–Trinajstić information content (AvgIpc) is 3.00. The summed E-state index contributed by atoms with van der Waals surface area (Å²) in [7, 11) is 17.0. The van der Waals surface area contributed by atoms with Crippen molar-refractivity contribution in [2.75, 3.05) is 19.0 Å². The summed E-state index contributed by atoms with van der Waals surface area (Å²) in [6.45, 7) is 4.66. The van der Waals surface area contributed by atoms with Gasteiger partial charge in [-0.3, -0.25) is 0 Å². The molecule has 162 valence electrons. The molecule has 0 amide bonds. The van der Waals surface area contributed by atoms with Crippen molar-refractivity contribution in [2.45, 2.75) is 36.3 Å². The molecule has 0 radical (unpaired) electrons. The van der Waals surface area contributed by atoms with Crippen molar-refractivity contribution in [1.82, 2.24) is 0 Å². The second-order valence-electron chi connectivity index (χ2n) is 9.49. The van der Waals surface area contributed by atoms with E-state index in [0.29, 0.717) is 10.6 Å². The van der Waals surface area contributed by atoms with Crippen LogP contribution in [0.2, 0.25) is 0 Å². The van der Waals surface area contributed by atoms with E-state index in [1.165, 1.54) is 33.4 Å². The van der Waals surface area contributed by atoms with Gasteiger partial charge in [0, 0.05) is 0 Å². The first-order chi connectivity index (χ1) is 14.6. The molecule has 1 aliphatic rings. The van der Waals surface area contributed by atoms with Gasteiger partial charge in [0.15, 0.2) is 0 Å². The van der Waals surface area contributed by atoms with Crippen molar-refractivity contribution in [2.24, 2.45) is 4.22 Å². The topological polar surface area (TPSA) is 29.3 Å². The van der Waals surface area contributed by atoms with Gasteiger partial charge in [-0.05, 0) is 0 Å². The zero-order valence-corrected chi connectivity index (χ0v) is 21.7. The van der Waals surface area contributed by atoms with Crippen LogP contribution in [0.1, 0.15) is 48.4 Å². The molecule has 0 saturated heterocycles. The SMILES string of the molecule is CN(C)c1ccc(C(C)(C)CC2c3ccccc3-c3ccccc32)c([CH2][Ti]([NH2])([Cl])[Cl])c1. The molecule has 3 aromatic carbocycles. The van der Waals surface area contributed by atoms with Gasteiger partial charge in [0.25, 0.3) is 0 Å². The van der Waals surface area contributed by atoms with Crippen molar-refractivity contribution >= 4 is 24.3 Å². The fraction of sp³-hybridized carbons (Fsp3) is 0.308. The first-order valence-corrected chi connectivity index (χ1v) is 17.0. The number of rotatable bonds is 6. The van der Waals surface area contributed by atoms with Gasteiger partial charge in [0.1, 0.15) is 0 Å². The summed E-state index contributed by atoms with van der Waals surface area (Å²) in [4.78, 5) is 2.11. The van der Waals surface area contributed by atoms with Crippen LogP contribution in [0.25, 0.3) is 11.1 Å². The second-order valence-corrected chi connectivity index (χ2v) is 18.8. The molecule has 5 heteroatoms. The van der Waals surface area contributed by atoms with Crippen LogP contribution in [0.4, 0.5) is 5.69 Å². The number of hydrogen-bond acceptors (Lipinski definition) is 2. The van der Waals surface area contributed by atoms with E-state index in [2.05, 4.69) is 99.6 Å². The van der Waals surface area contributed by atoms with E-state index in [9.17, 15) is 0 Å². The first-order valence-electron chi connectivity index (χ1n) is 10.7. The fourth-order valence-electron chi connectivity index (χ4n) is 5.02. The first kappa shape index (κ1) is 22.9. The van der Waals surface area contributed by atoms with E-state index in [1.807, 2.05) is 0 Å². The minimum absolute atomic E-state index is 0.0727. The van der Waals surface area contributed by atoms with Gasteiger partial charge in [-0.15, -0.1) is 0 Å². The third-order valence-corrected chi connectivity index (χ3v) is 8.87. The molecule has 0 heterocycles. The Bertz CT molecular complexity index is 1060. The molecule has 31 heavy (non-hydrogen) atoms. The van der Waals surface area contributed by atoms with E-state index >= 15 is 0 Å². The van der Waals surface area contributed by atoms with E-state index in [1.54, 1.807) is 0 Å². The Morgan fingerprint density at radius 2 is 1.45 bits per heavy atom. The van der Waals surface area contributed by atoms with Crippen molar-refractivity contribution in [1.29, 1.82) is 0 Å². The van der Waals surface area contributed by atoms with Crippen LogP contribution >= 0.6 is 18.6 Å². The maximum atomic E-state index is 6.44. The van der Waals surface area contributed by atoms with Crippen LogP contribution < -0.4 is 9.12 Å². The summed E-state index contributed by atoms with van der Waals surface area (Å²) < 4.78 is 6.79. The zero-order valence-electron chi connectivity index (χ0n) is 18.6. The Labute approximate surface area is 197 Å².